The molecule has 0 aliphatic carbocycles. The van der Waals surface area contributed by atoms with Crippen molar-refractivity contribution in [2.24, 2.45) is 0 Å². The van der Waals surface area contributed by atoms with E-state index in [-0.39, 0.29) is 6.04 Å². The number of pyridine rings is 1. The van der Waals surface area contributed by atoms with Crippen LogP contribution in [-0.2, 0) is 6.54 Å². The molecule has 1 aromatic heterocycles. The average molecular weight is 307 g/mol. The van der Waals surface area contributed by atoms with E-state index >= 15 is 0 Å². The third kappa shape index (κ3) is 3.86. The van der Waals surface area contributed by atoms with Crippen molar-refractivity contribution < 1.29 is 9.47 Å². The first kappa shape index (κ1) is 15.6. The van der Waals surface area contributed by atoms with Gasteiger partial charge in [0.2, 0.25) is 0 Å². The van der Waals surface area contributed by atoms with Gasteiger partial charge in [0.25, 0.3) is 0 Å². The predicted octanol–water partition coefficient (Wildman–Crippen LogP) is 3.60. The number of methoxy groups -OCH3 is 2. The Balaban J connectivity index is 2.08. The summed E-state index contributed by atoms with van der Waals surface area (Å²) in [5.74, 6) is 1.19. The molecule has 0 aliphatic heterocycles. The smallest absolute Gasteiger partial charge is 0.179 e. The second-order valence-corrected chi connectivity index (χ2v) is 5.08. The molecular formula is C16H19ClN2O2. The second kappa shape index (κ2) is 7.29. The summed E-state index contributed by atoms with van der Waals surface area (Å²) in [6.07, 6.45) is 1.79. The Labute approximate surface area is 130 Å². The molecule has 0 fully saturated rings. The number of hydrogen-bond acceptors (Lipinski definition) is 4. The summed E-state index contributed by atoms with van der Waals surface area (Å²) in [5.41, 5.74) is 2.03. The molecule has 0 saturated heterocycles. The summed E-state index contributed by atoms with van der Waals surface area (Å²) in [5, 5.41) is 3.95. The van der Waals surface area contributed by atoms with E-state index in [1.165, 1.54) is 0 Å². The van der Waals surface area contributed by atoms with Gasteiger partial charge in [0.1, 0.15) is 0 Å². The van der Waals surface area contributed by atoms with Gasteiger partial charge in [0.05, 0.1) is 24.9 Å². The molecule has 1 N–H and O–H groups in total. The van der Waals surface area contributed by atoms with Crippen LogP contribution in [0.15, 0.2) is 36.5 Å². The fourth-order valence-corrected chi connectivity index (χ4v) is 2.39. The van der Waals surface area contributed by atoms with Crippen LogP contribution in [0.5, 0.6) is 11.5 Å². The molecule has 2 rings (SSSR count). The average Bonchev–Trinajstić information content (AvgIpc) is 2.52. The number of nitrogens with one attached hydrogen (secondary N) is 1. The minimum absolute atomic E-state index is 0.151. The molecule has 21 heavy (non-hydrogen) atoms. The van der Waals surface area contributed by atoms with Crippen LogP contribution in [-0.4, -0.2) is 19.2 Å². The first-order chi connectivity index (χ1) is 10.2. The lowest BCUT2D eigenvalue weighted by atomic mass is 10.1. The molecule has 1 atom stereocenters. The van der Waals surface area contributed by atoms with Gasteiger partial charge in [-0.2, -0.15) is 0 Å². The summed E-state index contributed by atoms with van der Waals surface area (Å²) < 4.78 is 10.5. The highest BCUT2D eigenvalue weighted by molar-refractivity contribution is 6.32. The summed E-state index contributed by atoms with van der Waals surface area (Å²) in [4.78, 5) is 4.34. The SMILES string of the molecule is COc1cc(CN[C@H](C)c2ccccn2)cc(Cl)c1OC. The minimum atomic E-state index is 0.151. The lowest BCUT2D eigenvalue weighted by molar-refractivity contribution is 0.354. The van der Waals surface area contributed by atoms with E-state index in [0.29, 0.717) is 23.1 Å². The topological polar surface area (TPSA) is 43.4 Å². The van der Waals surface area contributed by atoms with Crippen molar-refractivity contribution in [1.82, 2.24) is 10.3 Å². The van der Waals surface area contributed by atoms with E-state index in [4.69, 9.17) is 21.1 Å². The van der Waals surface area contributed by atoms with Crippen LogP contribution < -0.4 is 14.8 Å². The Morgan fingerprint density at radius 2 is 2.05 bits per heavy atom. The highest BCUT2D eigenvalue weighted by Gasteiger charge is 2.12. The van der Waals surface area contributed by atoms with E-state index < -0.39 is 0 Å². The fraction of sp³-hybridized carbons (Fsp3) is 0.312. The first-order valence-corrected chi connectivity index (χ1v) is 7.08. The van der Waals surface area contributed by atoms with Crippen LogP contribution in [0, 0.1) is 0 Å². The van der Waals surface area contributed by atoms with Gasteiger partial charge in [0.15, 0.2) is 11.5 Å². The van der Waals surface area contributed by atoms with Gasteiger partial charge in [-0.25, -0.2) is 0 Å². The molecule has 0 bridgehead atoms. The third-order valence-corrected chi connectivity index (χ3v) is 3.52. The van der Waals surface area contributed by atoms with Crippen LogP contribution in [0.25, 0.3) is 0 Å². The Bertz CT molecular complexity index is 590. The van der Waals surface area contributed by atoms with E-state index in [2.05, 4.69) is 17.2 Å². The standard InChI is InChI=1S/C16H19ClN2O2/c1-11(14-6-4-5-7-18-14)19-10-12-8-13(17)16(21-3)15(9-12)20-2/h4-9,11,19H,10H2,1-3H3/t11-/m1/s1. The Morgan fingerprint density at radius 1 is 1.24 bits per heavy atom. The molecule has 0 unspecified atom stereocenters. The van der Waals surface area contributed by atoms with Crippen molar-refractivity contribution in [3.8, 4) is 11.5 Å². The zero-order valence-electron chi connectivity index (χ0n) is 12.4. The number of benzene rings is 1. The van der Waals surface area contributed by atoms with Crippen molar-refractivity contribution in [2.75, 3.05) is 14.2 Å². The van der Waals surface area contributed by atoms with Crippen LogP contribution >= 0.6 is 11.6 Å². The maximum Gasteiger partial charge on any atom is 0.179 e. The zero-order chi connectivity index (χ0) is 15.2. The number of halogens is 1. The van der Waals surface area contributed by atoms with Gasteiger partial charge in [-0.3, -0.25) is 4.98 Å². The van der Waals surface area contributed by atoms with Crippen LogP contribution in [0.1, 0.15) is 24.2 Å². The predicted molar refractivity (Wildman–Crippen MR) is 84.0 cm³/mol. The molecule has 0 radical (unpaired) electrons. The third-order valence-electron chi connectivity index (χ3n) is 3.24. The lowest BCUT2D eigenvalue weighted by Crippen LogP contribution is -2.19. The molecule has 112 valence electrons. The van der Waals surface area contributed by atoms with Crippen LogP contribution in [0.2, 0.25) is 5.02 Å². The van der Waals surface area contributed by atoms with Gasteiger partial charge >= 0.3 is 0 Å². The van der Waals surface area contributed by atoms with E-state index in [0.717, 1.165) is 11.3 Å². The van der Waals surface area contributed by atoms with Gasteiger partial charge in [0, 0.05) is 18.8 Å². The zero-order valence-corrected chi connectivity index (χ0v) is 13.1. The van der Waals surface area contributed by atoms with Crippen molar-refractivity contribution >= 4 is 11.6 Å². The normalized spacial score (nSPS) is 12.0. The minimum Gasteiger partial charge on any atom is -0.493 e. The number of ether oxygens (including phenoxy) is 2. The van der Waals surface area contributed by atoms with Gasteiger partial charge in [-0.15, -0.1) is 0 Å². The second-order valence-electron chi connectivity index (χ2n) is 4.67. The highest BCUT2D eigenvalue weighted by atomic mass is 35.5. The quantitative estimate of drug-likeness (QED) is 0.885. The van der Waals surface area contributed by atoms with Crippen molar-refractivity contribution in [3.05, 3.63) is 52.8 Å². The monoisotopic (exact) mass is 306 g/mol. The van der Waals surface area contributed by atoms with Crippen LogP contribution in [0.4, 0.5) is 0 Å². The first-order valence-electron chi connectivity index (χ1n) is 6.70. The molecule has 4 nitrogen and oxygen atoms in total. The molecule has 5 heteroatoms. The van der Waals surface area contributed by atoms with Crippen molar-refractivity contribution in [2.45, 2.75) is 19.5 Å². The molecule has 0 spiro atoms. The van der Waals surface area contributed by atoms with Crippen LogP contribution in [0.3, 0.4) is 0 Å². The van der Waals surface area contributed by atoms with E-state index in [1.807, 2.05) is 30.3 Å². The number of aromatic nitrogens is 1. The summed E-state index contributed by atoms with van der Waals surface area (Å²) >= 11 is 6.20. The molecule has 0 aliphatic rings. The Hall–Kier alpha value is -1.78. The van der Waals surface area contributed by atoms with Crippen molar-refractivity contribution in [3.63, 3.8) is 0 Å². The summed E-state index contributed by atoms with van der Waals surface area (Å²) in [6.45, 7) is 2.74. The maximum atomic E-state index is 6.20. The number of hydrogen-bond donors (Lipinski definition) is 1. The molecule has 0 amide bonds. The lowest BCUT2D eigenvalue weighted by Gasteiger charge is -2.15. The van der Waals surface area contributed by atoms with Gasteiger partial charge < -0.3 is 14.8 Å². The van der Waals surface area contributed by atoms with Gasteiger partial charge in [-0.1, -0.05) is 17.7 Å². The van der Waals surface area contributed by atoms with Crippen molar-refractivity contribution in [1.29, 1.82) is 0 Å². The molecule has 0 saturated carbocycles. The maximum absolute atomic E-state index is 6.20. The van der Waals surface area contributed by atoms with Gasteiger partial charge in [-0.05, 0) is 36.8 Å². The fourth-order valence-electron chi connectivity index (χ4n) is 2.08. The summed E-state index contributed by atoms with van der Waals surface area (Å²) in [6, 6.07) is 9.83. The highest BCUT2D eigenvalue weighted by Crippen LogP contribution is 2.36. The molecule has 1 aromatic carbocycles. The number of nitrogens with zero attached hydrogens (tertiary/aromatic N) is 1. The molecule has 2 aromatic rings. The Kier molecular flexibility index (Phi) is 5.42. The van der Waals surface area contributed by atoms with E-state index in [1.54, 1.807) is 20.4 Å². The molecular weight excluding hydrogens is 288 g/mol. The summed E-state index contributed by atoms with van der Waals surface area (Å²) in [7, 11) is 3.17. The Morgan fingerprint density at radius 3 is 2.67 bits per heavy atom. The van der Waals surface area contributed by atoms with E-state index in [9.17, 15) is 0 Å². The largest absolute Gasteiger partial charge is 0.493 e. The number of rotatable bonds is 6. The molecule has 1 heterocycles.